The van der Waals surface area contributed by atoms with Crippen LogP contribution < -0.4 is 15.2 Å². The van der Waals surface area contributed by atoms with Crippen LogP contribution in [0.3, 0.4) is 0 Å². The van der Waals surface area contributed by atoms with E-state index in [-0.39, 0.29) is 5.84 Å². The molecule has 0 aliphatic carbocycles. The molecular weight excluding hydrogens is 310 g/mol. The molecular formula is C13H12BrN3O2. The Morgan fingerprint density at radius 3 is 2.74 bits per heavy atom. The quantitative estimate of drug-likeness (QED) is 0.670. The van der Waals surface area contributed by atoms with E-state index in [2.05, 4.69) is 20.9 Å². The van der Waals surface area contributed by atoms with Crippen molar-refractivity contribution in [3.63, 3.8) is 0 Å². The van der Waals surface area contributed by atoms with Crippen LogP contribution >= 0.6 is 15.9 Å². The van der Waals surface area contributed by atoms with Gasteiger partial charge in [-0.1, -0.05) is 6.07 Å². The molecule has 2 aromatic rings. The molecule has 0 fully saturated rings. The standard InChI is InChI=1S/C13H12BrN3O2/c1-18-8-5-6-11(9(14)7-8)19-12-4-2-3-10(17-12)13(15)16/h2-7H,1H3,(H3,15,16). The van der Waals surface area contributed by atoms with E-state index in [1.807, 2.05) is 0 Å². The fraction of sp³-hybridized carbons (Fsp3) is 0.0769. The topological polar surface area (TPSA) is 81.2 Å². The Balaban J connectivity index is 2.26. The van der Waals surface area contributed by atoms with Gasteiger partial charge in [-0.2, -0.15) is 0 Å². The molecule has 5 nitrogen and oxygen atoms in total. The minimum absolute atomic E-state index is 0.0979. The molecule has 98 valence electrons. The molecule has 0 amide bonds. The summed E-state index contributed by atoms with van der Waals surface area (Å²) in [5.41, 5.74) is 5.76. The molecule has 0 aliphatic rings. The number of aromatic nitrogens is 1. The molecule has 2 rings (SSSR count). The van der Waals surface area contributed by atoms with E-state index in [1.165, 1.54) is 0 Å². The van der Waals surface area contributed by atoms with Gasteiger partial charge in [0.05, 0.1) is 11.6 Å². The van der Waals surface area contributed by atoms with Gasteiger partial charge < -0.3 is 15.2 Å². The number of nitrogens with one attached hydrogen (secondary N) is 1. The Kier molecular flexibility index (Phi) is 4.01. The summed E-state index contributed by atoms with van der Waals surface area (Å²) in [5.74, 6) is 1.61. The summed E-state index contributed by atoms with van der Waals surface area (Å²) in [6, 6.07) is 10.4. The van der Waals surface area contributed by atoms with E-state index in [1.54, 1.807) is 43.5 Å². The molecule has 0 saturated heterocycles. The molecule has 0 radical (unpaired) electrons. The van der Waals surface area contributed by atoms with Gasteiger partial charge >= 0.3 is 0 Å². The number of amidine groups is 1. The predicted octanol–water partition coefficient (Wildman–Crippen LogP) is 2.93. The first-order chi connectivity index (χ1) is 9.10. The monoisotopic (exact) mass is 321 g/mol. The average Bonchev–Trinajstić information content (AvgIpc) is 2.41. The van der Waals surface area contributed by atoms with Crippen LogP contribution in [0.15, 0.2) is 40.9 Å². The lowest BCUT2D eigenvalue weighted by molar-refractivity contribution is 0.411. The van der Waals surface area contributed by atoms with Crippen LogP contribution in [0.4, 0.5) is 0 Å². The highest BCUT2D eigenvalue weighted by Gasteiger charge is 2.07. The molecule has 1 heterocycles. The highest BCUT2D eigenvalue weighted by molar-refractivity contribution is 9.10. The largest absolute Gasteiger partial charge is 0.497 e. The number of rotatable bonds is 4. The number of benzene rings is 1. The third-order valence-electron chi connectivity index (χ3n) is 2.35. The number of nitrogens with zero attached hydrogens (tertiary/aromatic N) is 1. The zero-order valence-corrected chi connectivity index (χ0v) is 11.8. The second-order valence-electron chi connectivity index (χ2n) is 3.67. The number of pyridine rings is 1. The van der Waals surface area contributed by atoms with Crippen LogP contribution in [-0.4, -0.2) is 17.9 Å². The van der Waals surface area contributed by atoms with E-state index in [0.29, 0.717) is 17.3 Å². The second kappa shape index (κ2) is 5.71. The van der Waals surface area contributed by atoms with Gasteiger partial charge in [0, 0.05) is 6.07 Å². The third-order valence-corrected chi connectivity index (χ3v) is 2.97. The molecule has 0 bridgehead atoms. The van der Waals surface area contributed by atoms with Crippen LogP contribution in [-0.2, 0) is 0 Å². The van der Waals surface area contributed by atoms with E-state index in [4.69, 9.17) is 20.6 Å². The van der Waals surface area contributed by atoms with Crippen LogP contribution in [0.1, 0.15) is 5.69 Å². The number of hydrogen-bond donors (Lipinski definition) is 2. The van der Waals surface area contributed by atoms with E-state index < -0.39 is 0 Å². The van der Waals surface area contributed by atoms with Gasteiger partial charge in [0.1, 0.15) is 23.0 Å². The first kappa shape index (κ1) is 13.4. The maximum absolute atomic E-state index is 7.34. The molecule has 0 spiro atoms. The highest BCUT2D eigenvalue weighted by atomic mass is 79.9. The summed E-state index contributed by atoms with van der Waals surface area (Å²) in [4.78, 5) is 4.13. The lowest BCUT2D eigenvalue weighted by Gasteiger charge is -2.09. The number of methoxy groups -OCH3 is 1. The smallest absolute Gasteiger partial charge is 0.219 e. The molecule has 6 heteroatoms. The third kappa shape index (κ3) is 3.23. The Morgan fingerprint density at radius 1 is 1.32 bits per heavy atom. The summed E-state index contributed by atoms with van der Waals surface area (Å²) >= 11 is 3.39. The molecule has 0 atom stereocenters. The molecule has 1 aromatic heterocycles. The van der Waals surface area contributed by atoms with Crippen molar-refractivity contribution in [2.45, 2.75) is 0 Å². The van der Waals surface area contributed by atoms with Crippen LogP contribution in [0, 0.1) is 5.41 Å². The van der Waals surface area contributed by atoms with Crippen molar-refractivity contribution in [1.82, 2.24) is 4.98 Å². The van der Waals surface area contributed by atoms with Crippen molar-refractivity contribution in [3.05, 3.63) is 46.6 Å². The minimum Gasteiger partial charge on any atom is -0.497 e. The first-order valence-corrected chi connectivity index (χ1v) is 6.22. The SMILES string of the molecule is COc1ccc(Oc2cccc(C(=N)N)n2)c(Br)c1. The van der Waals surface area contributed by atoms with Gasteiger partial charge in [0.2, 0.25) is 5.88 Å². The van der Waals surface area contributed by atoms with Crippen molar-refractivity contribution in [1.29, 1.82) is 5.41 Å². The number of halogens is 1. The first-order valence-electron chi connectivity index (χ1n) is 5.43. The lowest BCUT2D eigenvalue weighted by Crippen LogP contribution is -2.13. The van der Waals surface area contributed by atoms with Crippen molar-refractivity contribution in [3.8, 4) is 17.4 Å². The van der Waals surface area contributed by atoms with Gasteiger partial charge in [-0.05, 0) is 40.2 Å². The highest BCUT2D eigenvalue weighted by Crippen LogP contribution is 2.31. The summed E-state index contributed by atoms with van der Waals surface area (Å²) in [5, 5.41) is 7.34. The van der Waals surface area contributed by atoms with Crippen molar-refractivity contribution in [2.75, 3.05) is 7.11 Å². The van der Waals surface area contributed by atoms with Crippen molar-refractivity contribution >= 4 is 21.8 Å². The fourth-order valence-corrected chi connectivity index (χ4v) is 1.86. The molecule has 19 heavy (non-hydrogen) atoms. The lowest BCUT2D eigenvalue weighted by atomic mass is 10.3. The summed E-state index contributed by atoms with van der Waals surface area (Å²) in [7, 11) is 1.60. The molecule has 3 N–H and O–H groups in total. The molecule has 1 aromatic carbocycles. The molecule has 0 unspecified atom stereocenters. The summed E-state index contributed by atoms with van der Waals surface area (Å²) in [6.07, 6.45) is 0. The van der Waals surface area contributed by atoms with Gasteiger partial charge in [-0.25, -0.2) is 4.98 Å². The van der Waals surface area contributed by atoms with Gasteiger partial charge in [0.15, 0.2) is 0 Å². The van der Waals surface area contributed by atoms with E-state index in [0.717, 1.165) is 10.2 Å². The minimum atomic E-state index is -0.0979. The Labute approximate surface area is 119 Å². The summed E-state index contributed by atoms with van der Waals surface area (Å²) < 4.78 is 11.5. The fourth-order valence-electron chi connectivity index (χ4n) is 1.43. The Bertz CT molecular complexity index is 617. The number of ether oxygens (including phenoxy) is 2. The number of hydrogen-bond acceptors (Lipinski definition) is 4. The van der Waals surface area contributed by atoms with Crippen molar-refractivity contribution < 1.29 is 9.47 Å². The van der Waals surface area contributed by atoms with E-state index >= 15 is 0 Å². The Hall–Kier alpha value is -2.08. The number of nitrogen functional groups attached to an aromatic ring is 1. The maximum atomic E-state index is 7.34. The van der Waals surface area contributed by atoms with Gasteiger partial charge in [-0.15, -0.1) is 0 Å². The van der Waals surface area contributed by atoms with Crippen LogP contribution in [0.5, 0.6) is 17.4 Å². The van der Waals surface area contributed by atoms with Crippen LogP contribution in [0.2, 0.25) is 0 Å². The second-order valence-corrected chi connectivity index (χ2v) is 4.53. The van der Waals surface area contributed by atoms with Gasteiger partial charge in [0.25, 0.3) is 0 Å². The Morgan fingerprint density at radius 2 is 2.11 bits per heavy atom. The summed E-state index contributed by atoms with van der Waals surface area (Å²) in [6.45, 7) is 0. The average molecular weight is 322 g/mol. The van der Waals surface area contributed by atoms with Crippen LogP contribution in [0.25, 0.3) is 0 Å². The van der Waals surface area contributed by atoms with E-state index in [9.17, 15) is 0 Å². The zero-order chi connectivity index (χ0) is 13.8. The molecule has 0 saturated carbocycles. The van der Waals surface area contributed by atoms with Gasteiger partial charge in [-0.3, -0.25) is 5.41 Å². The molecule has 0 aliphatic heterocycles. The number of nitrogens with two attached hydrogens (primary N) is 1. The van der Waals surface area contributed by atoms with Crippen molar-refractivity contribution in [2.24, 2.45) is 5.73 Å². The maximum Gasteiger partial charge on any atom is 0.219 e. The normalized spacial score (nSPS) is 10.0. The predicted molar refractivity (Wildman–Crippen MR) is 76.0 cm³/mol. The zero-order valence-electron chi connectivity index (χ0n) is 10.2.